The van der Waals surface area contributed by atoms with Crippen molar-refractivity contribution in [2.45, 2.75) is 38.4 Å². The van der Waals surface area contributed by atoms with Gasteiger partial charge in [0.05, 0.1) is 12.7 Å². The zero-order valence-electron chi connectivity index (χ0n) is 10.2. The fourth-order valence-corrected chi connectivity index (χ4v) is 3.45. The highest BCUT2D eigenvalue weighted by atomic mass is 32.2. The van der Waals surface area contributed by atoms with Crippen LogP contribution in [0, 0.1) is 23.2 Å². The maximum atomic E-state index is 11.6. The van der Waals surface area contributed by atoms with Crippen molar-refractivity contribution in [2.75, 3.05) is 12.4 Å². The Morgan fingerprint density at radius 2 is 2.38 bits per heavy atom. The van der Waals surface area contributed by atoms with Gasteiger partial charge in [0, 0.05) is 4.75 Å². The first-order valence-corrected chi connectivity index (χ1v) is 6.69. The van der Waals surface area contributed by atoms with E-state index in [1.54, 1.807) is 6.92 Å². The molecule has 4 heteroatoms. The van der Waals surface area contributed by atoms with E-state index in [0.29, 0.717) is 6.61 Å². The van der Waals surface area contributed by atoms with E-state index in [2.05, 4.69) is 19.9 Å². The van der Waals surface area contributed by atoms with Gasteiger partial charge in [0.2, 0.25) is 0 Å². The molecule has 90 valence electrons. The molecule has 0 saturated carbocycles. The molecule has 16 heavy (non-hydrogen) atoms. The van der Waals surface area contributed by atoms with E-state index >= 15 is 0 Å². The third-order valence-electron chi connectivity index (χ3n) is 2.89. The number of carbonyl (C=O) groups excluding carboxylic acids is 1. The van der Waals surface area contributed by atoms with E-state index in [0.717, 1.165) is 18.6 Å². The van der Waals surface area contributed by atoms with Crippen LogP contribution in [-0.4, -0.2) is 23.1 Å². The molecule has 1 saturated heterocycles. The number of thioether (sulfide) groups is 1. The average Bonchev–Trinajstić information content (AvgIpc) is 2.17. The molecule has 0 bridgehead atoms. The number of carbonyl (C=O) groups is 1. The van der Waals surface area contributed by atoms with Gasteiger partial charge in [-0.1, -0.05) is 13.8 Å². The van der Waals surface area contributed by atoms with E-state index in [4.69, 9.17) is 10.00 Å². The topological polar surface area (TPSA) is 50.1 Å². The monoisotopic (exact) mass is 241 g/mol. The quantitative estimate of drug-likeness (QED) is 0.713. The normalized spacial score (nSPS) is 25.5. The number of rotatable bonds is 3. The summed E-state index contributed by atoms with van der Waals surface area (Å²) in [5.74, 6) is 0.244. The van der Waals surface area contributed by atoms with Gasteiger partial charge in [0.25, 0.3) is 0 Å². The third-order valence-corrected chi connectivity index (χ3v) is 4.27. The molecule has 2 unspecified atom stereocenters. The smallest absolute Gasteiger partial charge is 0.323 e. The molecule has 0 radical (unpaired) electrons. The Bertz CT molecular complexity index is 296. The van der Waals surface area contributed by atoms with Crippen LogP contribution in [-0.2, 0) is 9.53 Å². The molecule has 3 nitrogen and oxygen atoms in total. The van der Waals surface area contributed by atoms with Crippen LogP contribution in [0.5, 0.6) is 0 Å². The summed E-state index contributed by atoms with van der Waals surface area (Å²) >= 11 is 1.92. The summed E-state index contributed by atoms with van der Waals surface area (Å²) in [7, 11) is 0. The maximum absolute atomic E-state index is 11.6. The first-order valence-electron chi connectivity index (χ1n) is 5.70. The zero-order chi connectivity index (χ0) is 12.2. The van der Waals surface area contributed by atoms with Crippen LogP contribution in [0.25, 0.3) is 0 Å². The highest BCUT2D eigenvalue weighted by molar-refractivity contribution is 8.00. The number of hydrogen-bond donors (Lipinski definition) is 0. The Kier molecular flexibility index (Phi) is 4.67. The van der Waals surface area contributed by atoms with Crippen LogP contribution in [0.3, 0.4) is 0 Å². The van der Waals surface area contributed by atoms with Gasteiger partial charge in [0.1, 0.15) is 5.92 Å². The second-order valence-electron chi connectivity index (χ2n) is 4.72. The molecular formula is C12H19NO2S. The molecule has 0 aromatic heterocycles. The summed E-state index contributed by atoms with van der Waals surface area (Å²) in [5, 5.41) is 9.09. The largest absolute Gasteiger partial charge is 0.465 e. The Balaban J connectivity index is 2.67. The second kappa shape index (κ2) is 5.58. The van der Waals surface area contributed by atoms with E-state index < -0.39 is 5.92 Å². The molecule has 1 fully saturated rings. The van der Waals surface area contributed by atoms with Gasteiger partial charge in [-0.3, -0.25) is 4.79 Å². The van der Waals surface area contributed by atoms with Crippen molar-refractivity contribution in [3.63, 3.8) is 0 Å². The minimum Gasteiger partial charge on any atom is -0.465 e. The van der Waals surface area contributed by atoms with E-state index in [1.807, 2.05) is 11.8 Å². The van der Waals surface area contributed by atoms with E-state index in [1.165, 1.54) is 0 Å². The lowest BCUT2D eigenvalue weighted by atomic mass is 9.83. The lowest BCUT2D eigenvalue weighted by molar-refractivity contribution is -0.147. The van der Waals surface area contributed by atoms with Crippen LogP contribution in [0.2, 0.25) is 0 Å². The molecule has 1 heterocycles. The summed E-state index contributed by atoms with van der Waals surface area (Å²) in [6.45, 7) is 6.46. The molecule has 2 atom stereocenters. The van der Waals surface area contributed by atoms with Gasteiger partial charge >= 0.3 is 5.97 Å². The zero-order valence-corrected chi connectivity index (χ0v) is 11.0. The van der Waals surface area contributed by atoms with Gasteiger partial charge in [-0.05, 0) is 31.4 Å². The number of ether oxygens (including phenoxy) is 1. The number of nitriles is 1. The van der Waals surface area contributed by atoms with Crippen LogP contribution < -0.4 is 0 Å². The van der Waals surface area contributed by atoms with Gasteiger partial charge in [-0.2, -0.15) is 17.0 Å². The maximum Gasteiger partial charge on any atom is 0.323 e. The molecule has 1 aliphatic rings. The Morgan fingerprint density at radius 3 is 2.88 bits per heavy atom. The van der Waals surface area contributed by atoms with Gasteiger partial charge in [-0.15, -0.1) is 0 Å². The Labute approximate surface area is 102 Å². The number of esters is 1. The average molecular weight is 241 g/mol. The first-order chi connectivity index (χ1) is 7.50. The Morgan fingerprint density at radius 1 is 1.69 bits per heavy atom. The molecular weight excluding hydrogens is 222 g/mol. The van der Waals surface area contributed by atoms with Crippen LogP contribution in [0.4, 0.5) is 0 Å². The van der Waals surface area contributed by atoms with Gasteiger partial charge in [-0.25, -0.2) is 0 Å². The minimum absolute atomic E-state index is 0.153. The van der Waals surface area contributed by atoms with E-state index in [9.17, 15) is 4.79 Å². The molecule has 1 aliphatic heterocycles. The molecule has 0 aliphatic carbocycles. The molecule has 0 spiro atoms. The lowest BCUT2D eigenvalue weighted by Gasteiger charge is -2.35. The highest BCUT2D eigenvalue weighted by Gasteiger charge is 2.37. The summed E-state index contributed by atoms with van der Waals surface area (Å²) in [6.07, 6.45) is 1.85. The van der Waals surface area contributed by atoms with Crippen LogP contribution in [0.1, 0.15) is 33.6 Å². The second-order valence-corrected chi connectivity index (χ2v) is 6.52. The molecule has 0 aromatic rings. The summed E-state index contributed by atoms with van der Waals surface area (Å²) in [4.78, 5) is 11.6. The first kappa shape index (κ1) is 13.4. The Hall–Kier alpha value is -0.690. The van der Waals surface area contributed by atoms with Crippen molar-refractivity contribution in [1.29, 1.82) is 5.26 Å². The van der Waals surface area contributed by atoms with Crippen molar-refractivity contribution in [3.05, 3.63) is 0 Å². The van der Waals surface area contributed by atoms with Crippen LogP contribution in [0.15, 0.2) is 0 Å². The van der Waals surface area contributed by atoms with Crippen molar-refractivity contribution < 1.29 is 9.53 Å². The molecule has 0 aromatic carbocycles. The summed E-state index contributed by atoms with van der Waals surface area (Å²) in [5.41, 5.74) is 0. The molecule has 0 N–H and O–H groups in total. The minimum atomic E-state index is -0.583. The fraction of sp³-hybridized carbons (Fsp3) is 0.833. The molecule has 0 amide bonds. The molecule has 1 rings (SSSR count). The fourth-order valence-electron chi connectivity index (χ4n) is 2.15. The summed E-state index contributed by atoms with van der Waals surface area (Å²) < 4.78 is 5.12. The standard InChI is InChI=1S/C12H19NO2S/c1-4-15-11(14)10(8-13)9-5-6-16-12(2,3)7-9/h9-10H,4-7H2,1-3H3. The van der Waals surface area contributed by atoms with Crippen molar-refractivity contribution >= 4 is 17.7 Å². The van der Waals surface area contributed by atoms with Gasteiger partial charge in [0.15, 0.2) is 0 Å². The van der Waals surface area contributed by atoms with Gasteiger partial charge < -0.3 is 4.74 Å². The highest BCUT2D eigenvalue weighted by Crippen LogP contribution is 2.41. The van der Waals surface area contributed by atoms with Crippen molar-refractivity contribution in [2.24, 2.45) is 11.8 Å². The summed E-state index contributed by atoms with van der Waals surface area (Å²) in [6, 6.07) is 2.11. The van der Waals surface area contributed by atoms with E-state index in [-0.39, 0.29) is 16.6 Å². The predicted molar refractivity (Wildman–Crippen MR) is 65.0 cm³/mol. The number of nitrogens with zero attached hydrogens (tertiary/aromatic N) is 1. The van der Waals surface area contributed by atoms with Crippen molar-refractivity contribution in [1.82, 2.24) is 0 Å². The number of hydrogen-bond acceptors (Lipinski definition) is 4. The lowest BCUT2D eigenvalue weighted by Crippen LogP contribution is -2.34. The third kappa shape index (κ3) is 3.41. The van der Waals surface area contributed by atoms with Crippen molar-refractivity contribution in [3.8, 4) is 6.07 Å². The SMILES string of the molecule is CCOC(=O)C(C#N)C1CCSC(C)(C)C1. The van der Waals surface area contributed by atoms with Crippen LogP contribution >= 0.6 is 11.8 Å². The predicted octanol–water partition coefficient (Wildman–Crippen LogP) is 2.61.